The number of fused-ring (bicyclic) bond motifs is 1. The fourth-order valence-corrected chi connectivity index (χ4v) is 2.16. The average Bonchev–Trinajstić information content (AvgIpc) is 2.67. The van der Waals surface area contributed by atoms with E-state index in [1.165, 1.54) is 17.5 Å². The van der Waals surface area contributed by atoms with Crippen LogP contribution in [0.25, 0.3) is 0 Å². The van der Waals surface area contributed by atoms with Crippen LogP contribution in [0.2, 0.25) is 0 Å². The zero-order valence-corrected chi connectivity index (χ0v) is 7.93. The first-order chi connectivity index (χ1) is 6.93. The number of benzene rings is 1. The quantitative estimate of drug-likeness (QED) is 0.699. The summed E-state index contributed by atoms with van der Waals surface area (Å²) in [6.45, 7) is 1.02. The van der Waals surface area contributed by atoms with Gasteiger partial charge in [0.15, 0.2) is 0 Å². The highest BCUT2D eigenvalue weighted by Gasteiger charge is 2.25. The Morgan fingerprint density at radius 2 is 2.21 bits per heavy atom. The summed E-state index contributed by atoms with van der Waals surface area (Å²) in [5.41, 5.74) is 3.01. The van der Waals surface area contributed by atoms with Crippen LogP contribution in [0.4, 0.5) is 0 Å². The molecule has 70 valence electrons. The fraction of sp³-hybridized carbons (Fsp3) is 0.250. The van der Waals surface area contributed by atoms with Crippen molar-refractivity contribution in [2.75, 3.05) is 0 Å². The van der Waals surface area contributed by atoms with Gasteiger partial charge in [-0.15, -0.1) is 0 Å². The predicted molar refractivity (Wildman–Crippen MR) is 55.1 cm³/mol. The normalized spacial score (nSPS) is 18.7. The van der Waals surface area contributed by atoms with E-state index in [9.17, 15) is 0 Å². The number of rotatable bonds is 2. The Morgan fingerprint density at radius 1 is 1.29 bits per heavy atom. The molecule has 0 amide bonds. The fourth-order valence-electron chi connectivity index (χ4n) is 2.16. The smallest absolute Gasteiger partial charge is 0.0489 e. The molecule has 2 heteroatoms. The molecular formula is C12H12N2. The van der Waals surface area contributed by atoms with Crippen molar-refractivity contribution in [2.45, 2.75) is 18.9 Å². The topological polar surface area (TPSA) is 17.8 Å². The van der Waals surface area contributed by atoms with Gasteiger partial charge in [-0.3, -0.25) is 4.68 Å². The van der Waals surface area contributed by atoms with Gasteiger partial charge in [0.2, 0.25) is 0 Å². The Morgan fingerprint density at radius 3 is 3.00 bits per heavy atom. The molecule has 0 saturated carbocycles. The van der Waals surface area contributed by atoms with Crippen molar-refractivity contribution in [3.05, 3.63) is 53.9 Å². The first kappa shape index (κ1) is 7.80. The maximum Gasteiger partial charge on any atom is 0.0489 e. The molecule has 0 fully saturated rings. The summed E-state index contributed by atoms with van der Waals surface area (Å²) in [4.78, 5) is 0. The number of hydrogen-bond acceptors (Lipinski definition) is 1. The first-order valence-electron chi connectivity index (χ1n) is 4.99. The summed E-state index contributed by atoms with van der Waals surface area (Å²) < 4.78 is 2.01. The van der Waals surface area contributed by atoms with Gasteiger partial charge in [0, 0.05) is 24.9 Å². The molecule has 2 aromatic rings. The highest BCUT2D eigenvalue weighted by Crippen LogP contribution is 2.35. The van der Waals surface area contributed by atoms with E-state index in [0.29, 0.717) is 5.92 Å². The molecule has 1 aliphatic carbocycles. The van der Waals surface area contributed by atoms with Crippen LogP contribution in [0.1, 0.15) is 17.0 Å². The molecule has 1 unspecified atom stereocenters. The Hall–Kier alpha value is -1.57. The average molecular weight is 184 g/mol. The lowest BCUT2D eigenvalue weighted by molar-refractivity contribution is 0.475. The molecule has 2 nitrogen and oxygen atoms in total. The Labute approximate surface area is 83.2 Å². The van der Waals surface area contributed by atoms with Gasteiger partial charge in [0.1, 0.15) is 0 Å². The van der Waals surface area contributed by atoms with Crippen molar-refractivity contribution < 1.29 is 0 Å². The van der Waals surface area contributed by atoms with Gasteiger partial charge < -0.3 is 0 Å². The summed E-state index contributed by atoms with van der Waals surface area (Å²) in [5, 5.41) is 4.23. The molecule has 0 radical (unpaired) electrons. The molecular weight excluding hydrogens is 172 g/mol. The van der Waals surface area contributed by atoms with Gasteiger partial charge in [-0.1, -0.05) is 24.3 Å². The minimum Gasteiger partial charge on any atom is -0.272 e. The third-order valence-corrected chi connectivity index (χ3v) is 2.93. The second-order valence-corrected chi connectivity index (χ2v) is 3.83. The second-order valence-electron chi connectivity index (χ2n) is 3.83. The lowest BCUT2D eigenvalue weighted by Gasteiger charge is -2.29. The van der Waals surface area contributed by atoms with Gasteiger partial charge in [0.05, 0.1) is 0 Å². The molecule has 3 rings (SSSR count). The first-order valence-corrected chi connectivity index (χ1v) is 4.99. The van der Waals surface area contributed by atoms with E-state index in [0.717, 1.165) is 6.54 Å². The molecule has 0 aliphatic heterocycles. The maximum absolute atomic E-state index is 4.23. The van der Waals surface area contributed by atoms with Crippen LogP contribution in [-0.4, -0.2) is 9.78 Å². The second kappa shape index (κ2) is 2.98. The molecule has 1 atom stereocenters. The van der Waals surface area contributed by atoms with Crippen molar-refractivity contribution >= 4 is 0 Å². The molecule has 1 aliphatic rings. The van der Waals surface area contributed by atoms with E-state index in [2.05, 4.69) is 29.4 Å². The molecule has 0 bridgehead atoms. The van der Waals surface area contributed by atoms with Crippen molar-refractivity contribution in [2.24, 2.45) is 0 Å². The van der Waals surface area contributed by atoms with Gasteiger partial charge in [-0.25, -0.2) is 0 Å². The van der Waals surface area contributed by atoms with Crippen molar-refractivity contribution in [1.82, 2.24) is 9.78 Å². The molecule has 0 saturated heterocycles. The largest absolute Gasteiger partial charge is 0.272 e. The summed E-state index contributed by atoms with van der Waals surface area (Å²) in [6, 6.07) is 10.7. The van der Waals surface area contributed by atoms with Crippen LogP contribution < -0.4 is 0 Å². The molecule has 0 N–H and O–H groups in total. The molecule has 1 heterocycles. The lowest BCUT2D eigenvalue weighted by Crippen LogP contribution is -2.21. The summed E-state index contributed by atoms with van der Waals surface area (Å²) >= 11 is 0. The van der Waals surface area contributed by atoms with E-state index < -0.39 is 0 Å². The number of nitrogens with zero attached hydrogens (tertiary/aromatic N) is 2. The van der Waals surface area contributed by atoms with Crippen LogP contribution in [0.15, 0.2) is 42.7 Å². The number of hydrogen-bond donors (Lipinski definition) is 0. The van der Waals surface area contributed by atoms with Crippen molar-refractivity contribution in [3.63, 3.8) is 0 Å². The van der Waals surface area contributed by atoms with Crippen LogP contribution in [0.3, 0.4) is 0 Å². The third kappa shape index (κ3) is 1.15. The summed E-state index contributed by atoms with van der Waals surface area (Å²) in [6.07, 6.45) is 5.07. The lowest BCUT2D eigenvalue weighted by atomic mass is 9.78. The zero-order valence-electron chi connectivity index (χ0n) is 7.93. The highest BCUT2D eigenvalue weighted by molar-refractivity contribution is 5.39. The molecule has 1 aromatic carbocycles. The van der Waals surface area contributed by atoms with Crippen LogP contribution in [-0.2, 0) is 13.0 Å². The van der Waals surface area contributed by atoms with E-state index in [-0.39, 0.29) is 0 Å². The third-order valence-electron chi connectivity index (χ3n) is 2.93. The van der Waals surface area contributed by atoms with Crippen molar-refractivity contribution in [3.8, 4) is 0 Å². The Bertz CT molecular complexity index is 431. The van der Waals surface area contributed by atoms with Crippen LogP contribution >= 0.6 is 0 Å². The monoisotopic (exact) mass is 184 g/mol. The number of aromatic nitrogens is 2. The minimum absolute atomic E-state index is 0.672. The Balaban J connectivity index is 1.80. The van der Waals surface area contributed by atoms with E-state index in [1.54, 1.807) is 0 Å². The maximum atomic E-state index is 4.23. The minimum atomic E-state index is 0.672. The predicted octanol–water partition coefficient (Wildman–Crippen LogP) is 2.22. The summed E-state index contributed by atoms with van der Waals surface area (Å²) in [7, 11) is 0. The standard InChI is InChI=1S/C12H12N2/c1-2-5-12-10(4-1)8-11(12)9-14-7-3-6-13-14/h1-7,11H,8-9H2. The van der Waals surface area contributed by atoms with Gasteiger partial charge in [-0.05, 0) is 23.6 Å². The van der Waals surface area contributed by atoms with Crippen molar-refractivity contribution in [1.29, 1.82) is 0 Å². The Kier molecular flexibility index (Phi) is 1.66. The summed E-state index contributed by atoms with van der Waals surface area (Å²) in [5.74, 6) is 0.672. The molecule has 14 heavy (non-hydrogen) atoms. The molecule has 1 aromatic heterocycles. The van der Waals surface area contributed by atoms with E-state index in [1.807, 2.05) is 23.1 Å². The molecule has 0 spiro atoms. The van der Waals surface area contributed by atoms with Crippen LogP contribution in [0.5, 0.6) is 0 Å². The van der Waals surface area contributed by atoms with Gasteiger partial charge in [0.25, 0.3) is 0 Å². The van der Waals surface area contributed by atoms with E-state index in [4.69, 9.17) is 0 Å². The van der Waals surface area contributed by atoms with E-state index >= 15 is 0 Å². The van der Waals surface area contributed by atoms with Crippen LogP contribution in [0, 0.1) is 0 Å². The SMILES string of the molecule is c1ccc2c(c1)CC2Cn1cccn1. The highest BCUT2D eigenvalue weighted by atomic mass is 15.3. The van der Waals surface area contributed by atoms with Gasteiger partial charge in [-0.2, -0.15) is 5.10 Å². The zero-order chi connectivity index (χ0) is 9.38. The van der Waals surface area contributed by atoms with Gasteiger partial charge >= 0.3 is 0 Å².